The lowest BCUT2D eigenvalue weighted by Crippen LogP contribution is -2.32. The Morgan fingerprint density at radius 1 is 1.11 bits per heavy atom. The van der Waals surface area contributed by atoms with Crippen molar-refractivity contribution in [2.45, 2.75) is 38.5 Å². The number of likely N-dealkylation sites (tertiary alicyclic amines) is 1. The lowest BCUT2D eigenvalue weighted by molar-refractivity contribution is 0.226. The van der Waals surface area contributed by atoms with Gasteiger partial charge in [-0.15, -0.1) is 0 Å². The molecule has 3 heteroatoms. The molecule has 0 saturated carbocycles. The van der Waals surface area contributed by atoms with Gasteiger partial charge in [-0.25, -0.2) is 0 Å². The van der Waals surface area contributed by atoms with Gasteiger partial charge in [-0.3, -0.25) is 0 Å². The molecule has 0 amide bonds. The van der Waals surface area contributed by atoms with Crippen molar-refractivity contribution in [3.8, 4) is 0 Å². The maximum absolute atomic E-state index is 5.31. The molecular weight excluding hydrogens is 224 g/mol. The molecule has 2 heterocycles. The Kier molecular flexibility index (Phi) is 6.30. The van der Waals surface area contributed by atoms with Gasteiger partial charge in [0.2, 0.25) is 0 Å². The number of nitrogens with zero attached hydrogens (tertiary/aromatic N) is 1. The van der Waals surface area contributed by atoms with Gasteiger partial charge in [0.25, 0.3) is 0 Å². The topological polar surface area (TPSA) is 28.4 Å². The third-order valence-electron chi connectivity index (χ3n) is 3.63. The second kappa shape index (κ2) is 8.33. The number of piperidine rings is 1. The largest absolute Gasteiger partial charge is 0.469 e. The third-order valence-corrected chi connectivity index (χ3v) is 3.63. The van der Waals surface area contributed by atoms with Crippen molar-refractivity contribution < 1.29 is 4.42 Å². The predicted molar refractivity (Wildman–Crippen MR) is 74.8 cm³/mol. The fourth-order valence-electron chi connectivity index (χ4n) is 2.58. The first kappa shape index (κ1) is 13.6. The lowest BCUT2D eigenvalue weighted by Gasteiger charge is -2.26. The van der Waals surface area contributed by atoms with Gasteiger partial charge < -0.3 is 14.6 Å². The average Bonchev–Trinajstić information content (AvgIpc) is 2.92. The molecule has 1 saturated heterocycles. The van der Waals surface area contributed by atoms with Crippen LogP contribution in [-0.2, 0) is 6.42 Å². The molecule has 1 aromatic heterocycles. The zero-order chi connectivity index (χ0) is 12.5. The summed E-state index contributed by atoms with van der Waals surface area (Å²) in [4.78, 5) is 2.61. The SMILES string of the molecule is c1coc(CCCNCCCN2CCCCC2)c1. The predicted octanol–water partition coefficient (Wildman–Crippen LogP) is 2.68. The van der Waals surface area contributed by atoms with E-state index in [-0.39, 0.29) is 0 Å². The first-order chi connectivity index (χ1) is 8.95. The summed E-state index contributed by atoms with van der Waals surface area (Å²) in [6.07, 6.45) is 9.47. The van der Waals surface area contributed by atoms with Gasteiger partial charge in [0, 0.05) is 6.42 Å². The standard InChI is InChI=1S/C15H26N2O/c1-2-11-17(12-3-1)13-6-10-16-9-4-7-15-8-5-14-18-15/h5,8,14,16H,1-4,6-7,9-13H2. The molecule has 0 aliphatic carbocycles. The van der Waals surface area contributed by atoms with Crippen molar-refractivity contribution >= 4 is 0 Å². The summed E-state index contributed by atoms with van der Waals surface area (Å²) in [5, 5.41) is 3.52. The van der Waals surface area contributed by atoms with E-state index in [1.807, 2.05) is 6.07 Å². The minimum absolute atomic E-state index is 1.05. The van der Waals surface area contributed by atoms with E-state index in [1.165, 1.54) is 45.3 Å². The van der Waals surface area contributed by atoms with E-state index in [4.69, 9.17) is 4.42 Å². The quantitative estimate of drug-likeness (QED) is 0.719. The summed E-state index contributed by atoms with van der Waals surface area (Å²) in [7, 11) is 0. The van der Waals surface area contributed by atoms with Crippen LogP contribution in [0.15, 0.2) is 22.8 Å². The molecule has 0 atom stereocenters. The van der Waals surface area contributed by atoms with Gasteiger partial charge >= 0.3 is 0 Å². The maximum Gasteiger partial charge on any atom is 0.103 e. The third kappa shape index (κ3) is 5.23. The zero-order valence-electron chi connectivity index (χ0n) is 11.4. The van der Waals surface area contributed by atoms with Gasteiger partial charge in [-0.2, -0.15) is 0 Å². The molecule has 2 rings (SSSR count). The van der Waals surface area contributed by atoms with Crippen LogP contribution in [0.5, 0.6) is 0 Å². The molecule has 1 N–H and O–H groups in total. The molecule has 102 valence electrons. The Labute approximate surface area is 111 Å². The molecule has 0 bridgehead atoms. The van der Waals surface area contributed by atoms with Crippen LogP contribution in [0.1, 0.15) is 37.9 Å². The second-order valence-corrected chi connectivity index (χ2v) is 5.19. The molecule has 0 unspecified atom stereocenters. The van der Waals surface area contributed by atoms with E-state index in [0.717, 1.165) is 31.7 Å². The summed E-state index contributed by atoms with van der Waals surface area (Å²) >= 11 is 0. The van der Waals surface area contributed by atoms with Gasteiger partial charge in [-0.05, 0) is 70.5 Å². The first-order valence-corrected chi connectivity index (χ1v) is 7.40. The molecule has 1 aliphatic heterocycles. The summed E-state index contributed by atoms with van der Waals surface area (Å²) in [6.45, 7) is 6.15. The Morgan fingerprint density at radius 2 is 1.94 bits per heavy atom. The number of nitrogens with one attached hydrogen (secondary N) is 1. The van der Waals surface area contributed by atoms with Crippen molar-refractivity contribution in [3.63, 3.8) is 0 Å². The molecule has 1 fully saturated rings. The van der Waals surface area contributed by atoms with E-state index < -0.39 is 0 Å². The highest BCUT2D eigenvalue weighted by atomic mass is 16.3. The van der Waals surface area contributed by atoms with Crippen molar-refractivity contribution in [2.24, 2.45) is 0 Å². The van der Waals surface area contributed by atoms with E-state index in [9.17, 15) is 0 Å². The van der Waals surface area contributed by atoms with Crippen LogP contribution < -0.4 is 5.32 Å². The Bertz CT molecular complexity index is 291. The number of rotatable bonds is 8. The zero-order valence-corrected chi connectivity index (χ0v) is 11.4. The number of aryl methyl sites for hydroxylation is 1. The molecule has 0 radical (unpaired) electrons. The number of hydrogen-bond acceptors (Lipinski definition) is 3. The smallest absolute Gasteiger partial charge is 0.103 e. The van der Waals surface area contributed by atoms with Crippen LogP contribution in [-0.4, -0.2) is 37.6 Å². The van der Waals surface area contributed by atoms with Crippen LogP contribution in [0.25, 0.3) is 0 Å². The summed E-state index contributed by atoms with van der Waals surface area (Å²) < 4.78 is 5.31. The number of hydrogen-bond donors (Lipinski definition) is 1. The van der Waals surface area contributed by atoms with Gasteiger partial charge in [0.15, 0.2) is 0 Å². The highest BCUT2D eigenvalue weighted by Crippen LogP contribution is 2.08. The Morgan fingerprint density at radius 3 is 2.72 bits per heavy atom. The lowest BCUT2D eigenvalue weighted by atomic mass is 10.1. The van der Waals surface area contributed by atoms with Crippen molar-refractivity contribution in [1.82, 2.24) is 10.2 Å². The van der Waals surface area contributed by atoms with Gasteiger partial charge in [0.05, 0.1) is 6.26 Å². The minimum atomic E-state index is 1.05. The molecule has 0 spiro atoms. The van der Waals surface area contributed by atoms with E-state index in [1.54, 1.807) is 6.26 Å². The monoisotopic (exact) mass is 250 g/mol. The Hall–Kier alpha value is -0.800. The van der Waals surface area contributed by atoms with Crippen molar-refractivity contribution in [3.05, 3.63) is 24.2 Å². The molecule has 3 nitrogen and oxygen atoms in total. The van der Waals surface area contributed by atoms with E-state index in [0.29, 0.717) is 0 Å². The fourth-order valence-corrected chi connectivity index (χ4v) is 2.58. The normalized spacial score (nSPS) is 17.1. The van der Waals surface area contributed by atoms with Crippen LogP contribution >= 0.6 is 0 Å². The van der Waals surface area contributed by atoms with Crippen molar-refractivity contribution in [2.75, 3.05) is 32.7 Å². The second-order valence-electron chi connectivity index (χ2n) is 5.19. The van der Waals surface area contributed by atoms with Gasteiger partial charge in [-0.1, -0.05) is 6.42 Å². The summed E-state index contributed by atoms with van der Waals surface area (Å²) in [5.41, 5.74) is 0. The average molecular weight is 250 g/mol. The van der Waals surface area contributed by atoms with Crippen LogP contribution in [0.4, 0.5) is 0 Å². The molecule has 1 aromatic rings. The van der Waals surface area contributed by atoms with Crippen molar-refractivity contribution in [1.29, 1.82) is 0 Å². The minimum Gasteiger partial charge on any atom is -0.469 e. The number of furan rings is 1. The van der Waals surface area contributed by atoms with E-state index >= 15 is 0 Å². The summed E-state index contributed by atoms with van der Waals surface area (Å²) in [5.74, 6) is 1.10. The summed E-state index contributed by atoms with van der Waals surface area (Å²) in [6, 6.07) is 4.01. The molecule has 1 aliphatic rings. The van der Waals surface area contributed by atoms with Gasteiger partial charge in [0.1, 0.15) is 5.76 Å². The van der Waals surface area contributed by atoms with Crippen LogP contribution in [0, 0.1) is 0 Å². The first-order valence-electron chi connectivity index (χ1n) is 7.40. The molecular formula is C15H26N2O. The highest BCUT2D eigenvalue weighted by molar-refractivity contribution is 4.97. The van der Waals surface area contributed by atoms with E-state index in [2.05, 4.69) is 16.3 Å². The van der Waals surface area contributed by atoms with Crippen LogP contribution in [0.3, 0.4) is 0 Å². The molecule has 0 aromatic carbocycles. The van der Waals surface area contributed by atoms with Crippen LogP contribution in [0.2, 0.25) is 0 Å². The molecule has 18 heavy (non-hydrogen) atoms. The Balaban J connectivity index is 1.39. The maximum atomic E-state index is 5.31. The fraction of sp³-hybridized carbons (Fsp3) is 0.733. The highest BCUT2D eigenvalue weighted by Gasteiger charge is 2.08.